The third-order valence-electron chi connectivity index (χ3n) is 4.29. The molecule has 7 nitrogen and oxygen atoms in total. The summed E-state index contributed by atoms with van der Waals surface area (Å²) in [5.41, 5.74) is 0.838. The Morgan fingerprint density at radius 1 is 1.25 bits per heavy atom. The van der Waals surface area contributed by atoms with Gasteiger partial charge in [-0.15, -0.1) is 0 Å². The SMILES string of the molecule is COC(=O)c1cc(S(=O)(=O)N2CCCC2)cc2c1cnn2C(C)C. The van der Waals surface area contributed by atoms with Crippen molar-refractivity contribution in [2.75, 3.05) is 20.2 Å². The third-order valence-corrected chi connectivity index (χ3v) is 6.16. The molecule has 8 heteroatoms. The maximum absolute atomic E-state index is 12.9. The summed E-state index contributed by atoms with van der Waals surface area (Å²) in [7, 11) is -2.35. The van der Waals surface area contributed by atoms with Crippen LogP contribution in [0.3, 0.4) is 0 Å². The molecule has 0 atom stereocenters. The van der Waals surface area contributed by atoms with Crippen molar-refractivity contribution < 1.29 is 17.9 Å². The van der Waals surface area contributed by atoms with E-state index in [0.29, 0.717) is 24.0 Å². The number of aromatic nitrogens is 2. The van der Waals surface area contributed by atoms with E-state index in [0.717, 1.165) is 12.8 Å². The van der Waals surface area contributed by atoms with Crippen LogP contribution in [0.2, 0.25) is 0 Å². The Balaban J connectivity index is 2.25. The molecule has 1 aliphatic rings. The molecule has 2 aromatic rings. The molecule has 24 heavy (non-hydrogen) atoms. The zero-order valence-corrected chi connectivity index (χ0v) is 14.8. The quantitative estimate of drug-likeness (QED) is 0.789. The van der Waals surface area contributed by atoms with Gasteiger partial charge in [-0.2, -0.15) is 9.40 Å². The second-order valence-electron chi connectivity index (χ2n) is 6.19. The molecule has 130 valence electrons. The van der Waals surface area contributed by atoms with Gasteiger partial charge in [0.05, 0.1) is 29.3 Å². The first-order valence-electron chi connectivity index (χ1n) is 7.96. The molecule has 0 amide bonds. The van der Waals surface area contributed by atoms with Gasteiger partial charge in [-0.1, -0.05) is 0 Å². The summed E-state index contributed by atoms with van der Waals surface area (Å²) in [4.78, 5) is 12.3. The van der Waals surface area contributed by atoms with E-state index < -0.39 is 16.0 Å². The summed E-state index contributed by atoms with van der Waals surface area (Å²) in [5, 5.41) is 4.89. The van der Waals surface area contributed by atoms with Crippen molar-refractivity contribution in [1.29, 1.82) is 0 Å². The van der Waals surface area contributed by atoms with Crippen LogP contribution in [0.4, 0.5) is 0 Å². The number of hydrogen-bond acceptors (Lipinski definition) is 5. The van der Waals surface area contributed by atoms with Crippen molar-refractivity contribution in [2.45, 2.75) is 37.6 Å². The van der Waals surface area contributed by atoms with Crippen LogP contribution in [0.1, 0.15) is 43.1 Å². The number of esters is 1. The van der Waals surface area contributed by atoms with Gasteiger partial charge in [0.1, 0.15) is 0 Å². The van der Waals surface area contributed by atoms with Crippen LogP contribution in [-0.4, -0.2) is 48.7 Å². The summed E-state index contributed by atoms with van der Waals surface area (Å²) in [5.74, 6) is -0.568. The average molecular weight is 351 g/mol. The minimum atomic E-state index is -3.63. The molecule has 1 fully saturated rings. The molecule has 2 heterocycles. The summed E-state index contributed by atoms with van der Waals surface area (Å²) in [6.07, 6.45) is 3.29. The number of carbonyl (C=O) groups is 1. The van der Waals surface area contributed by atoms with Crippen molar-refractivity contribution >= 4 is 26.9 Å². The molecule has 1 aromatic carbocycles. The van der Waals surface area contributed by atoms with Crippen molar-refractivity contribution in [3.63, 3.8) is 0 Å². The molecular weight excluding hydrogens is 330 g/mol. The molecule has 0 spiro atoms. The fourth-order valence-electron chi connectivity index (χ4n) is 3.04. The maximum atomic E-state index is 12.9. The number of rotatable bonds is 4. The van der Waals surface area contributed by atoms with E-state index in [1.165, 1.54) is 17.5 Å². The highest BCUT2D eigenvalue weighted by Gasteiger charge is 2.29. The summed E-state index contributed by atoms with van der Waals surface area (Å²) in [6, 6.07) is 3.04. The first-order valence-corrected chi connectivity index (χ1v) is 9.40. The third kappa shape index (κ3) is 2.69. The van der Waals surface area contributed by atoms with E-state index in [9.17, 15) is 13.2 Å². The van der Waals surface area contributed by atoms with E-state index in [-0.39, 0.29) is 16.5 Å². The monoisotopic (exact) mass is 351 g/mol. The van der Waals surface area contributed by atoms with Gasteiger partial charge in [0.15, 0.2) is 0 Å². The van der Waals surface area contributed by atoms with E-state index in [2.05, 4.69) is 5.10 Å². The van der Waals surface area contributed by atoms with Gasteiger partial charge >= 0.3 is 5.97 Å². The molecule has 0 aliphatic carbocycles. The van der Waals surface area contributed by atoms with Gasteiger partial charge in [0, 0.05) is 24.5 Å². The zero-order chi connectivity index (χ0) is 17.5. The zero-order valence-electron chi connectivity index (χ0n) is 14.0. The second-order valence-corrected chi connectivity index (χ2v) is 8.13. The highest BCUT2D eigenvalue weighted by Crippen LogP contribution is 2.29. The normalized spacial score (nSPS) is 16.2. The summed E-state index contributed by atoms with van der Waals surface area (Å²) in [6.45, 7) is 4.92. The first-order chi connectivity index (χ1) is 11.4. The van der Waals surface area contributed by atoms with Gasteiger partial charge in [-0.05, 0) is 38.8 Å². The molecule has 1 aliphatic heterocycles. The Labute approximate surface area is 141 Å². The highest BCUT2D eigenvalue weighted by atomic mass is 32.2. The van der Waals surface area contributed by atoms with Crippen LogP contribution in [-0.2, 0) is 14.8 Å². The Kier molecular flexibility index (Phi) is 4.35. The number of ether oxygens (including phenoxy) is 1. The number of hydrogen-bond donors (Lipinski definition) is 0. The van der Waals surface area contributed by atoms with Gasteiger partial charge in [-0.25, -0.2) is 13.2 Å². The minimum absolute atomic E-state index is 0.0396. The smallest absolute Gasteiger partial charge is 0.338 e. The van der Waals surface area contributed by atoms with E-state index >= 15 is 0 Å². The standard InChI is InChI=1S/C16H21N3O4S/c1-11(2)19-15-9-12(24(21,22)18-6-4-5-7-18)8-13(16(20)23-3)14(15)10-17-19/h8-11H,4-7H2,1-3H3. The molecule has 1 aromatic heterocycles. The maximum Gasteiger partial charge on any atom is 0.338 e. The van der Waals surface area contributed by atoms with Crippen LogP contribution in [0.25, 0.3) is 10.9 Å². The van der Waals surface area contributed by atoms with Crippen molar-refractivity contribution in [3.8, 4) is 0 Å². The molecule has 0 N–H and O–H groups in total. The Hall–Kier alpha value is -1.93. The average Bonchev–Trinajstić information content (AvgIpc) is 3.22. The van der Waals surface area contributed by atoms with Gasteiger partial charge < -0.3 is 4.74 Å². The van der Waals surface area contributed by atoms with Crippen LogP contribution < -0.4 is 0 Å². The van der Waals surface area contributed by atoms with Crippen molar-refractivity contribution in [3.05, 3.63) is 23.9 Å². The topological polar surface area (TPSA) is 81.5 Å². The van der Waals surface area contributed by atoms with Crippen LogP contribution in [0.15, 0.2) is 23.2 Å². The summed E-state index contributed by atoms with van der Waals surface area (Å²) < 4.78 is 33.8. The van der Waals surface area contributed by atoms with E-state index in [1.807, 2.05) is 13.8 Å². The Morgan fingerprint density at radius 3 is 2.50 bits per heavy atom. The number of nitrogens with zero attached hydrogens (tertiary/aromatic N) is 3. The first kappa shape index (κ1) is 16.9. The predicted octanol–water partition coefficient (Wildman–Crippen LogP) is 2.19. The number of sulfonamides is 1. The summed E-state index contributed by atoms with van der Waals surface area (Å²) >= 11 is 0. The number of carbonyl (C=O) groups excluding carboxylic acids is 1. The number of fused-ring (bicyclic) bond motifs is 1. The van der Waals surface area contributed by atoms with Crippen LogP contribution >= 0.6 is 0 Å². The lowest BCUT2D eigenvalue weighted by Gasteiger charge is -2.17. The molecule has 0 radical (unpaired) electrons. The molecule has 0 unspecified atom stereocenters. The molecule has 0 bridgehead atoms. The second kappa shape index (κ2) is 6.18. The lowest BCUT2D eigenvalue weighted by Crippen LogP contribution is -2.28. The Bertz CT molecular complexity index is 880. The molecule has 0 saturated carbocycles. The van der Waals surface area contributed by atoms with Gasteiger partial charge in [-0.3, -0.25) is 4.68 Å². The van der Waals surface area contributed by atoms with Crippen molar-refractivity contribution in [1.82, 2.24) is 14.1 Å². The van der Waals surface area contributed by atoms with E-state index in [4.69, 9.17) is 4.74 Å². The molecule has 3 rings (SSSR count). The Morgan fingerprint density at radius 2 is 1.92 bits per heavy atom. The van der Waals surface area contributed by atoms with Crippen LogP contribution in [0.5, 0.6) is 0 Å². The number of methoxy groups -OCH3 is 1. The van der Waals surface area contributed by atoms with Crippen molar-refractivity contribution in [2.24, 2.45) is 0 Å². The van der Waals surface area contributed by atoms with Crippen LogP contribution in [0, 0.1) is 0 Å². The van der Waals surface area contributed by atoms with E-state index in [1.54, 1.807) is 16.9 Å². The largest absolute Gasteiger partial charge is 0.465 e. The van der Waals surface area contributed by atoms with Gasteiger partial charge in [0.2, 0.25) is 10.0 Å². The fraction of sp³-hybridized carbons (Fsp3) is 0.500. The predicted molar refractivity (Wildman–Crippen MR) is 89.5 cm³/mol. The lowest BCUT2D eigenvalue weighted by molar-refractivity contribution is 0.0602. The fourth-order valence-corrected chi connectivity index (χ4v) is 4.60. The molecule has 1 saturated heterocycles. The minimum Gasteiger partial charge on any atom is -0.465 e. The van der Waals surface area contributed by atoms with Gasteiger partial charge in [0.25, 0.3) is 0 Å². The molecular formula is C16H21N3O4S. The lowest BCUT2D eigenvalue weighted by atomic mass is 10.1. The highest BCUT2D eigenvalue weighted by molar-refractivity contribution is 7.89. The number of benzene rings is 1.